The lowest BCUT2D eigenvalue weighted by Gasteiger charge is -2.13. The van der Waals surface area contributed by atoms with E-state index in [9.17, 15) is 4.21 Å². The lowest BCUT2D eigenvalue weighted by molar-refractivity contribution is -0.0847. The van der Waals surface area contributed by atoms with Crippen molar-refractivity contribution in [1.29, 1.82) is 0 Å². The number of hydrogen-bond acceptors (Lipinski definition) is 3. The molecule has 0 bridgehead atoms. The second-order valence-corrected chi connectivity index (χ2v) is 5.08. The molecule has 0 heterocycles. The zero-order valence-electron chi connectivity index (χ0n) is 9.93. The smallest absolute Gasteiger partial charge is 0.168 e. The van der Waals surface area contributed by atoms with E-state index in [2.05, 4.69) is 0 Å². The van der Waals surface area contributed by atoms with Crippen LogP contribution in [0.4, 0.5) is 0 Å². The molecule has 1 unspecified atom stereocenters. The van der Waals surface area contributed by atoms with Crippen LogP contribution in [0.3, 0.4) is 0 Å². The van der Waals surface area contributed by atoms with Gasteiger partial charge in [-0.25, -0.2) is 0 Å². The van der Waals surface area contributed by atoms with Gasteiger partial charge in [-0.3, -0.25) is 4.21 Å². The average molecular weight is 242 g/mol. The highest BCUT2D eigenvalue weighted by Gasteiger charge is 2.11. The summed E-state index contributed by atoms with van der Waals surface area (Å²) in [6, 6.07) is 7.97. The molecular formula is C12H18O3S. The fraction of sp³-hybridized carbons (Fsp3) is 0.500. The molecule has 0 aromatic heterocycles. The first-order chi connectivity index (χ1) is 7.67. The molecule has 0 radical (unpaired) electrons. The Morgan fingerprint density at radius 1 is 1.25 bits per heavy atom. The van der Waals surface area contributed by atoms with Gasteiger partial charge in [-0.05, 0) is 18.1 Å². The number of methoxy groups -OCH3 is 2. The molecule has 0 fully saturated rings. The van der Waals surface area contributed by atoms with Crippen LogP contribution in [0, 0.1) is 6.92 Å². The van der Waals surface area contributed by atoms with E-state index in [0.29, 0.717) is 11.5 Å². The van der Waals surface area contributed by atoms with E-state index in [1.807, 2.05) is 31.2 Å². The second-order valence-electron chi connectivity index (χ2n) is 3.58. The number of benzene rings is 1. The highest BCUT2D eigenvalue weighted by Crippen LogP contribution is 2.10. The van der Waals surface area contributed by atoms with E-state index in [4.69, 9.17) is 9.47 Å². The molecule has 1 aromatic rings. The summed E-state index contributed by atoms with van der Waals surface area (Å²) < 4.78 is 21.9. The molecule has 1 aromatic carbocycles. The van der Waals surface area contributed by atoms with Crippen molar-refractivity contribution in [3.8, 4) is 0 Å². The Labute approximate surface area is 99.2 Å². The van der Waals surface area contributed by atoms with Gasteiger partial charge >= 0.3 is 0 Å². The molecule has 1 atom stereocenters. The molecular weight excluding hydrogens is 224 g/mol. The van der Waals surface area contributed by atoms with Crippen molar-refractivity contribution >= 4 is 10.8 Å². The molecule has 0 spiro atoms. The van der Waals surface area contributed by atoms with Crippen LogP contribution in [0.2, 0.25) is 0 Å². The molecule has 0 aliphatic heterocycles. The molecule has 0 amide bonds. The summed E-state index contributed by atoms with van der Waals surface area (Å²) in [5, 5.41) is 0. The zero-order valence-corrected chi connectivity index (χ0v) is 10.8. The third kappa shape index (κ3) is 4.04. The van der Waals surface area contributed by atoms with Crippen molar-refractivity contribution in [2.75, 3.05) is 20.0 Å². The van der Waals surface area contributed by atoms with Gasteiger partial charge in [-0.15, -0.1) is 0 Å². The maximum absolute atomic E-state index is 11.8. The topological polar surface area (TPSA) is 35.5 Å². The maximum atomic E-state index is 11.8. The largest absolute Gasteiger partial charge is 0.355 e. The zero-order chi connectivity index (χ0) is 12.0. The van der Waals surface area contributed by atoms with Gasteiger partial charge < -0.3 is 9.47 Å². The van der Waals surface area contributed by atoms with Gasteiger partial charge in [0.25, 0.3) is 0 Å². The van der Waals surface area contributed by atoms with E-state index in [0.717, 1.165) is 5.56 Å². The van der Waals surface area contributed by atoms with Crippen LogP contribution in [0.25, 0.3) is 0 Å². The van der Waals surface area contributed by atoms with E-state index in [-0.39, 0.29) is 6.29 Å². The maximum Gasteiger partial charge on any atom is 0.168 e. The van der Waals surface area contributed by atoms with Crippen LogP contribution in [0.15, 0.2) is 24.3 Å². The molecule has 0 aliphatic carbocycles. The van der Waals surface area contributed by atoms with Crippen LogP contribution in [0.1, 0.15) is 11.1 Å². The average Bonchev–Trinajstić information content (AvgIpc) is 2.29. The Balaban J connectivity index is 2.55. The summed E-state index contributed by atoms with van der Waals surface area (Å²) in [7, 11) is 2.15. The first-order valence-corrected chi connectivity index (χ1v) is 6.61. The first-order valence-electron chi connectivity index (χ1n) is 5.12. The number of rotatable bonds is 6. The molecule has 0 saturated heterocycles. The van der Waals surface area contributed by atoms with Crippen LogP contribution >= 0.6 is 0 Å². The predicted octanol–water partition coefficient (Wildman–Crippen LogP) is 1.86. The second kappa shape index (κ2) is 6.78. The molecule has 1 rings (SSSR count). The molecule has 0 saturated carbocycles. The Bertz CT molecular complexity index is 348. The van der Waals surface area contributed by atoms with E-state index in [1.54, 1.807) is 14.2 Å². The fourth-order valence-corrected chi connectivity index (χ4v) is 2.75. The van der Waals surface area contributed by atoms with Crippen LogP contribution in [-0.2, 0) is 26.0 Å². The lowest BCUT2D eigenvalue weighted by atomic mass is 10.1. The van der Waals surface area contributed by atoms with Crippen LogP contribution in [0.5, 0.6) is 0 Å². The summed E-state index contributed by atoms with van der Waals surface area (Å²) in [6.07, 6.45) is -0.384. The van der Waals surface area contributed by atoms with Gasteiger partial charge in [0.1, 0.15) is 0 Å². The molecule has 16 heavy (non-hydrogen) atoms. The Morgan fingerprint density at radius 2 is 1.88 bits per heavy atom. The number of hydrogen-bond donors (Lipinski definition) is 0. The molecule has 90 valence electrons. The number of ether oxygens (including phenoxy) is 2. The fourth-order valence-electron chi connectivity index (χ4n) is 1.39. The van der Waals surface area contributed by atoms with Gasteiger partial charge in [0.2, 0.25) is 0 Å². The van der Waals surface area contributed by atoms with E-state index in [1.165, 1.54) is 5.56 Å². The highest BCUT2D eigenvalue weighted by atomic mass is 32.2. The molecule has 0 aliphatic rings. The Hall–Kier alpha value is -0.710. The SMILES string of the molecule is COC(CS(=O)Cc1ccccc1C)OC. The highest BCUT2D eigenvalue weighted by molar-refractivity contribution is 7.84. The Morgan fingerprint density at radius 3 is 2.44 bits per heavy atom. The third-order valence-electron chi connectivity index (χ3n) is 2.43. The summed E-state index contributed by atoms with van der Waals surface area (Å²) in [5.74, 6) is 0.956. The monoisotopic (exact) mass is 242 g/mol. The van der Waals surface area contributed by atoms with Crippen molar-refractivity contribution in [2.24, 2.45) is 0 Å². The van der Waals surface area contributed by atoms with E-state index < -0.39 is 10.8 Å². The van der Waals surface area contributed by atoms with Gasteiger partial charge in [0.05, 0.1) is 5.75 Å². The van der Waals surface area contributed by atoms with E-state index >= 15 is 0 Å². The Kier molecular flexibility index (Phi) is 5.66. The molecule has 4 heteroatoms. The normalized spacial score (nSPS) is 13.0. The minimum Gasteiger partial charge on any atom is -0.355 e. The van der Waals surface area contributed by atoms with Gasteiger partial charge in [-0.2, -0.15) is 0 Å². The minimum absolute atomic E-state index is 0.384. The predicted molar refractivity (Wildman–Crippen MR) is 65.7 cm³/mol. The van der Waals surface area contributed by atoms with Crippen molar-refractivity contribution < 1.29 is 13.7 Å². The van der Waals surface area contributed by atoms with Crippen molar-refractivity contribution in [1.82, 2.24) is 0 Å². The summed E-state index contributed by atoms with van der Waals surface area (Å²) >= 11 is 0. The summed E-state index contributed by atoms with van der Waals surface area (Å²) in [6.45, 7) is 2.02. The van der Waals surface area contributed by atoms with Crippen molar-refractivity contribution in [3.63, 3.8) is 0 Å². The van der Waals surface area contributed by atoms with Gasteiger partial charge in [-0.1, -0.05) is 24.3 Å². The van der Waals surface area contributed by atoms with Gasteiger partial charge in [0.15, 0.2) is 6.29 Å². The van der Waals surface area contributed by atoms with Crippen LogP contribution < -0.4 is 0 Å². The lowest BCUT2D eigenvalue weighted by Crippen LogP contribution is -2.22. The molecule has 3 nitrogen and oxygen atoms in total. The first kappa shape index (κ1) is 13.4. The molecule has 0 N–H and O–H groups in total. The van der Waals surface area contributed by atoms with Crippen LogP contribution in [-0.4, -0.2) is 30.5 Å². The summed E-state index contributed by atoms with van der Waals surface area (Å²) in [5.41, 5.74) is 2.29. The summed E-state index contributed by atoms with van der Waals surface area (Å²) in [4.78, 5) is 0. The number of aryl methyl sites for hydroxylation is 1. The third-order valence-corrected chi connectivity index (χ3v) is 3.70. The van der Waals surface area contributed by atoms with Crippen molar-refractivity contribution in [3.05, 3.63) is 35.4 Å². The quantitative estimate of drug-likeness (QED) is 0.714. The van der Waals surface area contributed by atoms with Crippen molar-refractivity contribution in [2.45, 2.75) is 19.0 Å². The standard InChI is InChI=1S/C12H18O3S/c1-10-6-4-5-7-11(10)8-16(13)9-12(14-2)15-3/h4-7,12H,8-9H2,1-3H3. The minimum atomic E-state index is -0.961. The van der Waals surface area contributed by atoms with Gasteiger partial charge in [0, 0.05) is 30.8 Å².